The van der Waals surface area contributed by atoms with Crippen molar-refractivity contribution >= 4 is 16.7 Å². The fourth-order valence-corrected chi connectivity index (χ4v) is 5.29. The molecule has 1 aliphatic rings. The molecule has 1 saturated carbocycles. The van der Waals surface area contributed by atoms with Gasteiger partial charge in [-0.3, -0.25) is 0 Å². The van der Waals surface area contributed by atoms with Crippen LogP contribution >= 0.6 is 0 Å². The van der Waals surface area contributed by atoms with Gasteiger partial charge in [0.05, 0.1) is 23.9 Å². The summed E-state index contributed by atoms with van der Waals surface area (Å²) in [4.78, 5) is 12.0. The molecule has 1 aliphatic carbocycles. The number of hydrogen-bond acceptors (Lipinski definition) is 5. The second kappa shape index (κ2) is 10.5. The topological polar surface area (TPSA) is 85.2 Å². The van der Waals surface area contributed by atoms with Crippen LogP contribution in [0.3, 0.4) is 0 Å². The number of aromatic carboxylic acids is 1. The second-order valence-corrected chi connectivity index (χ2v) is 9.58. The summed E-state index contributed by atoms with van der Waals surface area (Å²) in [5, 5.41) is 21.3. The van der Waals surface area contributed by atoms with Gasteiger partial charge in [0.1, 0.15) is 18.2 Å². The number of ether oxygens (including phenoxy) is 3. The van der Waals surface area contributed by atoms with Crippen LogP contribution in [0.15, 0.2) is 72.8 Å². The van der Waals surface area contributed by atoms with E-state index in [1.165, 1.54) is 18.2 Å². The van der Waals surface area contributed by atoms with Crippen LogP contribution in [0.2, 0.25) is 0 Å². The van der Waals surface area contributed by atoms with Crippen molar-refractivity contribution in [1.82, 2.24) is 0 Å². The van der Waals surface area contributed by atoms with Gasteiger partial charge in [-0.15, -0.1) is 0 Å². The Morgan fingerprint density at radius 3 is 2.45 bits per heavy atom. The molecule has 1 fully saturated rings. The Balaban J connectivity index is 1.46. The van der Waals surface area contributed by atoms with E-state index < -0.39 is 18.4 Å². The predicted molar refractivity (Wildman–Crippen MR) is 142 cm³/mol. The lowest BCUT2D eigenvalue weighted by Crippen LogP contribution is -2.47. The number of aliphatic hydroxyl groups is 1. The molecular weight excluding hydrogens is 487 g/mol. The first-order chi connectivity index (χ1) is 18.4. The number of fused-ring (bicyclic) bond motifs is 1. The summed E-state index contributed by atoms with van der Waals surface area (Å²) >= 11 is 0. The molecule has 0 heterocycles. The van der Waals surface area contributed by atoms with E-state index in [0.717, 1.165) is 29.4 Å². The number of rotatable bonds is 9. The van der Waals surface area contributed by atoms with Crippen molar-refractivity contribution in [3.05, 3.63) is 101 Å². The van der Waals surface area contributed by atoms with Crippen LogP contribution in [0.4, 0.5) is 4.39 Å². The minimum absolute atomic E-state index is 0.0103. The van der Waals surface area contributed by atoms with Crippen molar-refractivity contribution in [3.8, 4) is 16.9 Å². The summed E-state index contributed by atoms with van der Waals surface area (Å²) in [6.07, 6.45) is 1.79. The Kier molecular flexibility index (Phi) is 7.17. The highest BCUT2D eigenvalue weighted by Gasteiger charge is 2.46. The van der Waals surface area contributed by atoms with E-state index in [1.807, 2.05) is 24.3 Å². The van der Waals surface area contributed by atoms with Gasteiger partial charge in [-0.1, -0.05) is 36.4 Å². The lowest BCUT2D eigenvalue weighted by Gasteiger charge is -2.46. The molecule has 196 valence electrons. The fraction of sp³-hybridized carbons (Fsp3) is 0.258. The molecule has 7 heteroatoms. The van der Waals surface area contributed by atoms with Gasteiger partial charge in [0, 0.05) is 32.6 Å². The monoisotopic (exact) mass is 516 g/mol. The van der Waals surface area contributed by atoms with Crippen LogP contribution in [-0.2, 0) is 28.3 Å². The van der Waals surface area contributed by atoms with Crippen molar-refractivity contribution in [3.63, 3.8) is 0 Å². The third kappa shape index (κ3) is 4.76. The van der Waals surface area contributed by atoms with Gasteiger partial charge in [0.2, 0.25) is 0 Å². The average molecular weight is 517 g/mol. The molecule has 0 radical (unpaired) electrons. The molecule has 0 saturated heterocycles. The number of aliphatic hydroxyl groups excluding tert-OH is 1. The van der Waals surface area contributed by atoms with Crippen LogP contribution in [0.25, 0.3) is 21.9 Å². The maximum Gasteiger partial charge on any atom is 0.336 e. The van der Waals surface area contributed by atoms with Gasteiger partial charge in [-0.25, -0.2) is 9.18 Å². The molecule has 0 aliphatic heterocycles. The van der Waals surface area contributed by atoms with Crippen LogP contribution in [0.1, 0.15) is 39.9 Å². The maximum atomic E-state index is 13.6. The van der Waals surface area contributed by atoms with Crippen molar-refractivity contribution in [2.75, 3.05) is 14.2 Å². The molecule has 5 rings (SSSR count). The van der Waals surface area contributed by atoms with Gasteiger partial charge in [-0.05, 0) is 69.4 Å². The van der Waals surface area contributed by atoms with Crippen molar-refractivity contribution < 1.29 is 33.6 Å². The zero-order valence-corrected chi connectivity index (χ0v) is 21.2. The van der Waals surface area contributed by atoms with Crippen molar-refractivity contribution in [2.45, 2.75) is 37.8 Å². The van der Waals surface area contributed by atoms with Crippen LogP contribution in [0, 0.1) is 5.82 Å². The first kappa shape index (κ1) is 25.9. The van der Waals surface area contributed by atoms with Crippen molar-refractivity contribution in [2.24, 2.45) is 0 Å². The molecule has 38 heavy (non-hydrogen) atoms. The summed E-state index contributed by atoms with van der Waals surface area (Å²) in [5.41, 5.74) is 3.15. The van der Waals surface area contributed by atoms with Gasteiger partial charge < -0.3 is 24.4 Å². The molecule has 6 nitrogen and oxygen atoms in total. The van der Waals surface area contributed by atoms with Crippen molar-refractivity contribution in [1.29, 1.82) is 0 Å². The summed E-state index contributed by atoms with van der Waals surface area (Å²) in [5.74, 6) is -0.975. The molecule has 2 N–H and O–H groups in total. The van der Waals surface area contributed by atoms with Gasteiger partial charge >= 0.3 is 5.97 Å². The van der Waals surface area contributed by atoms with Gasteiger partial charge in [0.25, 0.3) is 0 Å². The molecule has 0 amide bonds. The number of hydrogen-bond donors (Lipinski definition) is 2. The maximum absolute atomic E-state index is 13.6. The van der Waals surface area contributed by atoms with E-state index in [9.17, 15) is 19.4 Å². The first-order valence-electron chi connectivity index (χ1n) is 12.4. The van der Waals surface area contributed by atoms with E-state index in [4.69, 9.17) is 14.2 Å². The summed E-state index contributed by atoms with van der Waals surface area (Å²) in [7, 11) is 3.43. The predicted octanol–water partition coefficient (Wildman–Crippen LogP) is 6.07. The summed E-state index contributed by atoms with van der Waals surface area (Å²) in [6, 6.07) is 20.9. The smallest absolute Gasteiger partial charge is 0.336 e. The fourth-order valence-electron chi connectivity index (χ4n) is 5.29. The Bertz CT molecular complexity index is 1470. The molecule has 4 aromatic carbocycles. The Hall–Kier alpha value is -3.78. The highest BCUT2D eigenvalue weighted by molar-refractivity contribution is 6.05. The molecule has 0 unspecified atom stereocenters. The SMILES string of the molecule is COC1CC(OC)(c2cccc(COc3ccc4c(-c5ccc(F)cc5)c(CO)c(C(=O)O)cc4c3)c2)C1. The first-order valence-corrected chi connectivity index (χ1v) is 12.4. The average Bonchev–Trinajstić information content (AvgIpc) is 2.91. The molecule has 4 aromatic rings. The normalized spacial score (nSPS) is 18.8. The van der Waals surface area contributed by atoms with E-state index >= 15 is 0 Å². The number of methoxy groups -OCH3 is 2. The number of benzene rings is 4. The van der Waals surface area contributed by atoms with E-state index in [0.29, 0.717) is 28.9 Å². The summed E-state index contributed by atoms with van der Waals surface area (Å²) < 4.78 is 31.0. The Morgan fingerprint density at radius 2 is 1.79 bits per heavy atom. The summed E-state index contributed by atoms with van der Waals surface area (Å²) in [6.45, 7) is -0.148. The number of carboxylic acids is 1. The van der Waals surface area contributed by atoms with E-state index in [2.05, 4.69) is 12.1 Å². The molecule has 0 bridgehead atoms. The van der Waals surface area contributed by atoms with E-state index in [-0.39, 0.29) is 22.8 Å². The van der Waals surface area contributed by atoms with E-state index in [1.54, 1.807) is 32.4 Å². The number of carbonyl (C=O) groups is 1. The number of carboxylic acid groups (broad SMARTS) is 1. The largest absolute Gasteiger partial charge is 0.489 e. The lowest BCUT2D eigenvalue weighted by molar-refractivity contribution is -0.154. The Morgan fingerprint density at radius 1 is 1.03 bits per heavy atom. The molecule has 0 atom stereocenters. The van der Waals surface area contributed by atoms with Gasteiger partial charge in [-0.2, -0.15) is 0 Å². The Labute approximate surface area is 220 Å². The second-order valence-electron chi connectivity index (χ2n) is 9.58. The minimum atomic E-state index is -1.15. The van der Waals surface area contributed by atoms with Crippen LogP contribution in [-0.4, -0.2) is 36.5 Å². The standard InChI is InChI=1S/C31H29FO6/c1-36-25-15-31(16-25,37-2)22-5-3-4-19(12-22)18-38-24-10-11-26-21(13-24)14-27(30(34)35)28(17-33)29(26)20-6-8-23(32)9-7-20/h3-14,25,33H,15-18H2,1-2H3,(H,34,35). The third-order valence-electron chi connectivity index (χ3n) is 7.44. The molecule has 0 spiro atoms. The molecular formula is C31H29FO6. The van der Waals surface area contributed by atoms with Gasteiger partial charge in [0.15, 0.2) is 0 Å². The highest BCUT2D eigenvalue weighted by atomic mass is 19.1. The molecule has 0 aromatic heterocycles. The van der Waals surface area contributed by atoms with Crippen LogP contribution < -0.4 is 4.74 Å². The zero-order valence-electron chi connectivity index (χ0n) is 21.2. The quantitative estimate of drug-likeness (QED) is 0.281. The number of halogens is 1. The minimum Gasteiger partial charge on any atom is -0.489 e. The lowest BCUT2D eigenvalue weighted by atomic mass is 9.72. The van der Waals surface area contributed by atoms with Crippen LogP contribution in [0.5, 0.6) is 5.75 Å². The third-order valence-corrected chi connectivity index (χ3v) is 7.44. The zero-order chi connectivity index (χ0) is 26.9. The highest BCUT2D eigenvalue weighted by Crippen LogP contribution is 2.46.